The van der Waals surface area contributed by atoms with Crippen molar-refractivity contribution in [3.63, 3.8) is 0 Å². The molecule has 1 heterocycles. The summed E-state index contributed by atoms with van der Waals surface area (Å²) >= 11 is 0. The third-order valence-corrected chi connectivity index (χ3v) is 1.27. The Hall–Kier alpha value is -0.380. The SMILES string of the molecule is C=CC(O)C1COCO1. The van der Waals surface area contributed by atoms with E-state index in [4.69, 9.17) is 14.6 Å². The first-order valence-corrected chi connectivity index (χ1v) is 2.84. The van der Waals surface area contributed by atoms with Crippen LogP contribution in [0.3, 0.4) is 0 Å². The van der Waals surface area contributed by atoms with Crippen LogP contribution in [0.2, 0.25) is 0 Å². The molecular formula is C6H10O3. The summed E-state index contributed by atoms with van der Waals surface area (Å²) in [7, 11) is 0. The zero-order valence-electron chi connectivity index (χ0n) is 5.12. The van der Waals surface area contributed by atoms with Crippen molar-refractivity contribution >= 4 is 0 Å². The van der Waals surface area contributed by atoms with Gasteiger partial charge in [-0.25, -0.2) is 0 Å². The summed E-state index contributed by atoms with van der Waals surface area (Å²) in [6.45, 7) is 4.17. The smallest absolute Gasteiger partial charge is 0.147 e. The molecule has 0 spiro atoms. The lowest BCUT2D eigenvalue weighted by Gasteiger charge is -2.09. The van der Waals surface area contributed by atoms with Gasteiger partial charge < -0.3 is 14.6 Å². The molecule has 1 fully saturated rings. The van der Waals surface area contributed by atoms with Crippen LogP contribution in [0, 0.1) is 0 Å². The molecule has 0 aromatic rings. The molecule has 2 atom stereocenters. The molecule has 9 heavy (non-hydrogen) atoms. The van der Waals surface area contributed by atoms with Gasteiger partial charge in [-0.2, -0.15) is 0 Å². The van der Waals surface area contributed by atoms with E-state index in [2.05, 4.69) is 6.58 Å². The van der Waals surface area contributed by atoms with E-state index < -0.39 is 6.10 Å². The quantitative estimate of drug-likeness (QED) is 0.531. The van der Waals surface area contributed by atoms with Gasteiger partial charge in [-0.3, -0.25) is 0 Å². The molecule has 3 heteroatoms. The number of aliphatic hydroxyl groups is 1. The van der Waals surface area contributed by atoms with Gasteiger partial charge in [-0.15, -0.1) is 6.58 Å². The predicted molar refractivity (Wildman–Crippen MR) is 31.9 cm³/mol. The van der Waals surface area contributed by atoms with Crippen LogP contribution in [0.1, 0.15) is 0 Å². The summed E-state index contributed by atoms with van der Waals surface area (Å²) in [5, 5.41) is 9.03. The number of hydrogen-bond donors (Lipinski definition) is 1. The Labute approximate surface area is 53.9 Å². The minimum Gasteiger partial charge on any atom is -0.386 e. The first kappa shape index (κ1) is 6.74. The van der Waals surface area contributed by atoms with E-state index in [0.29, 0.717) is 6.61 Å². The zero-order valence-corrected chi connectivity index (χ0v) is 5.12. The molecule has 0 bridgehead atoms. The lowest BCUT2D eigenvalue weighted by atomic mass is 10.2. The van der Waals surface area contributed by atoms with Crippen molar-refractivity contribution in [2.75, 3.05) is 13.4 Å². The molecule has 0 amide bonds. The molecule has 3 nitrogen and oxygen atoms in total. The molecule has 2 unspecified atom stereocenters. The van der Waals surface area contributed by atoms with Crippen molar-refractivity contribution in [1.29, 1.82) is 0 Å². The van der Waals surface area contributed by atoms with Gasteiger partial charge in [0.2, 0.25) is 0 Å². The molecule has 0 aliphatic carbocycles. The number of hydrogen-bond acceptors (Lipinski definition) is 3. The molecule has 0 saturated carbocycles. The van der Waals surface area contributed by atoms with Gasteiger partial charge in [-0.05, 0) is 0 Å². The van der Waals surface area contributed by atoms with E-state index in [1.165, 1.54) is 6.08 Å². The van der Waals surface area contributed by atoms with Crippen molar-refractivity contribution in [2.45, 2.75) is 12.2 Å². The average molecular weight is 130 g/mol. The van der Waals surface area contributed by atoms with Crippen molar-refractivity contribution in [3.05, 3.63) is 12.7 Å². The van der Waals surface area contributed by atoms with Crippen LogP contribution in [0.4, 0.5) is 0 Å². The second-order valence-electron chi connectivity index (χ2n) is 1.92. The van der Waals surface area contributed by atoms with Crippen molar-refractivity contribution in [2.24, 2.45) is 0 Å². The fraction of sp³-hybridized carbons (Fsp3) is 0.667. The highest BCUT2D eigenvalue weighted by atomic mass is 16.7. The van der Waals surface area contributed by atoms with Gasteiger partial charge in [0.1, 0.15) is 19.0 Å². The third-order valence-electron chi connectivity index (χ3n) is 1.27. The van der Waals surface area contributed by atoms with Gasteiger partial charge in [0.05, 0.1) is 6.61 Å². The highest BCUT2D eigenvalue weighted by molar-refractivity contribution is 4.85. The Bertz CT molecular complexity index is 96.5. The van der Waals surface area contributed by atoms with E-state index in [1.54, 1.807) is 0 Å². The largest absolute Gasteiger partial charge is 0.386 e. The van der Waals surface area contributed by atoms with Crippen molar-refractivity contribution in [3.8, 4) is 0 Å². The molecule has 1 aliphatic rings. The molecule has 1 N–H and O–H groups in total. The van der Waals surface area contributed by atoms with Gasteiger partial charge in [0.15, 0.2) is 0 Å². The lowest BCUT2D eigenvalue weighted by molar-refractivity contribution is 0.00729. The molecule has 52 valence electrons. The van der Waals surface area contributed by atoms with Crippen LogP contribution in [0.5, 0.6) is 0 Å². The van der Waals surface area contributed by atoms with E-state index in [9.17, 15) is 0 Å². The maximum absolute atomic E-state index is 9.03. The number of aliphatic hydroxyl groups excluding tert-OH is 1. The number of rotatable bonds is 2. The molecule has 1 aliphatic heterocycles. The highest BCUT2D eigenvalue weighted by Crippen LogP contribution is 2.07. The number of ether oxygens (including phenoxy) is 2. The fourth-order valence-corrected chi connectivity index (χ4v) is 0.697. The van der Waals surface area contributed by atoms with Gasteiger partial charge in [-0.1, -0.05) is 6.08 Å². The van der Waals surface area contributed by atoms with Crippen molar-refractivity contribution < 1.29 is 14.6 Å². The summed E-state index contributed by atoms with van der Waals surface area (Å²) in [6.07, 6.45) is 0.647. The summed E-state index contributed by atoms with van der Waals surface area (Å²) in [6, 6.07) is 0. The average Bonchev–Trinajstić information content (AvgIpc) is 2.37. The Kier molecular flexibility index (Phi) is 2.22. The maximum atomic E-state index is 9.03. The molecule has 1 rings (SSSR count). The van der Waals surface area contributed by atoms with Gasteiger partial charge in [0, 0.05) is 0 Å². The molecule has 0 radical (unpaired) electrons. The second kappa shape index (κ2) is 2.96. The standard InChI is InChI=1S/C6H10O3/c1-2-5(7)6-3-8-4-9-6/h2,5-7H,1,3-4H2. The summed E-state index contributed by atoms with van der Waals surface area (Å²) < 4.78 is 9.81. The Morgan fingerprint density at radius 2 is 2.56 bits per heavy atom. The molecule has 0 aromatic heterocycles. The van der Waals surface area contributed by atoms with Gasteiger partial charge in [0.25, 0.3) is 0 Å². The second-order valence-corrected chi connectivity index (χ2v) is 1.92. The van der Waals surface area contributed by atoms with E-state index in [0.717, 1.165) is 0 Å². The molecular weight excluding hydrogens is 120 g/mol. The van der Waals surface area contributed by atoms with Crippen LogP contribution in [0.15, 0.2) is 12.7 Å². The Balaban J connectivity index is 2.32. The van der Waals surface area contributed by atoms with Crippen LogP contribution >= 0.6 is 0 Å². The van der Waals surface area contributed by atoms with Crippen LogP contribution in [-0.4, -0.2) is 30.7 Å². The summed E-state index contributed by atoms with van der Waals surface area (Å²) in [5.74, 6) is 0. The zero-order chi connectivity index (χ0) is 6.69. The van der Waals surface area contributed by atoms with Crippen LogP contribution in [0.25, 0.3) is 0 Å². The minimum absolute atomic E-state index is 0.206. The highest BCUT2D eigenvalue weighted by Gasteiger charge is 2.21. The fourth-order valence-electron chi connectivity index (χ4n) is 0.697. The van der Waals surface area contributed by atoms with Crippen LogP contribution < -0.4 is 0 Å². The Morgan fingerprint density at radius 3 is 3.00 bits per heavy atom. The van der Waals surface area contributed by atoms with E-state index in [1.807, 2.05) is 0 Å². The van der Waals surface area contributed by atoms with Crippen LogP contribution in [-0.2, 0) is 9.47 Å². The third kappa shape index (κ3) is 1.51. The van der Waals surface area contributed by atoms with Gasteiger partial charge >= 0.3 is 0 Å². The van der Waals surface area contributed by atoms with E-state index in [-0.39, 0.29) is 12.9 Å². The van der Waals surface area contributed by atoms with Crippen molar-refractivity contribution in [1.82, 2.24) is 0 Å². The van der Waals surface area contributed by atoms with E-state index >= 15 is 0 Å². The molecule has 1 saturated heterocycles. The first-order valence-electron chi connectivity index (χ1n) is 2.84. The predicted octanol–water partition coefficient (Wildman–Crippen LogP) is -0.0938. The monoisotopic (exact) mass is 130 g/mol. The minimum atomic E-state index is -0.590. The first-order chi connectivity index (χ1) is 4.34. The summed E-state index contributed by atoms with van der Waals surface area (Å²) in [4.78, 5) is 0. The lowest BCUT2D eigenvalue weighted by Crippen LogP contribution is -2.25. The Morgan fingerprint density at radius 1 is 1.78 bits per heavy atom. The maximum Gasteiger partial charge on any atom is 0.147 e. The normalized spacial score (nSPS) is 30.1. The topological polar surface area (TPSA) is 38.7 Å². The summed E-state index contributed by atoms with van der Waals surface area (Å²) in [5.41, 5.74) is 0. The molecule has 0 aromatic carbocycles.